The number of aromatic carboxylic acids is 1. The number of halogens is 2. The van der Waals surface area contributed by atoms with Crippen LogP contribution in [0, 0.1) is 11.6 Å². The van der Waals surface area contributed by atoms with Crippen LogP contribution in [-0.4, -0.2) is 18.2 Å². The Morgan fingerprint density at radius 1 is 1.21 bits per heavy atom. The van der Waals surface area contributed by atoms with Crippen LogP contribution in [0.25, 0.3) is 11.1 Å². The summed E-state index contributed by atoms with van der Waals surface area (Å²) >= 11 is 0. The average molecular weight is 264 g/mol. The maximum Gasteiger partial charge on any atom is 0.338 e. The van der Waals surface area contributed by atoms with Gasteiger partial charge in [0.25, 0.3) is 0 Å². The van der Waals surface area contributed by atoms with Gasteiger partial charge in [0.05, 0.1) is 12.7 Å². The molecule has 0 bridgehead atoms. The maximum absolute atomic E-state index is 13.7. The van der Waals surface area contributed by atoms with Crippen LogP contribution >= 0.6 is 0 Å². The van der Waals surface area contributed by atoms with E-state index in [1.54, 1.807) is 6.07 Å². The van der Waals surface area contributed by atoms with Crippen LogP contribution in [0.5, 0.6) is 5.75 Å². The van der Waals surface area contributed by atoms with Gasteiger partial charge < -0.3 is 9.84 Å². The summed E-state index contributed by atoms with van der Waals surface area (Å²) in [6, 6.07) is 7.65. The molecule has 0 aliphatic rings. The summed E-state index contributed by atoms with van der Waals surface area (Å²) in [6.07, 6.45) is 0. The van der Waals surface area contributed by atoms with Crippen LogP contribution in [0.4, 0.5) is 8.78 Å². The molecule has 0 amide bonds. The van der Waals surface area contributed by atoms with Crippen molar-refractivity contribution in [3.63, 3.8) is 0 Å². The molecule has 2 aromatic carbocycles. The molecule has 5 heteroatoms. The molecule has 0 heterocycles. The van der Waals surface area contributed by atoms with Gasteiger partial charge in [0.2, 0.25) is 0 Å². The first-order chi connectivity index (χ1) is 9.02. The molecule has 0 aromatic heterocycles. The molecule has 3 nitrogen and oxygen atoms in total. The molecule has 0 radical (unpaired) electrons. The fraction of sp³-hybridized carbons (Fsp3) is 0.0714. The molecule has 0 saturated heterocycles. The predicted octanol–water partition coefficient (Wildman–Crippen LogP) is 3.34. The van der Waals surface area contributed by atoms with Gasteiger partial charge in [-0.2, -0.15) is 0 Å². The molecular formula is C14H10F2O3. The maximum atomic E-state index is 13.7. The van der Waals surface area contributed by atoms with Gasteiger partial charge in [0.15, 0.2) is 0 Å². The SMILES string of the molecule is COc1cc(C(=O)O)c(F)cc1-c1cccc(F)c1. The van der Waals surface area contributed by atoms with Crippen LogP contribution in [0.3, 0.4) is 0 Å². The van der Waals surface area contributed by atoms with Crippen molar-refractivity contribution in [2.75, 3.05) is 7.11 Å². The lowest BCUT2D eigenvalue weighted by molar-refractivity contribution is 0.0691. The van der Waals surface area contributed by atoms with Gasteiger partial charge in [-0.15, -0.1) is 0 Å². The van der Waals surface area contributed by atoms with Gasteiger partial charge in [-0.1, -0.05) is 12.1 Å². The highest BCUT2D eigenvalue weighted by molar-refractivity contribution is 5.90. The molecule has 2 rings (SSSR count). The molecule has 1 N–H and O–H groups in total. The fourth-order valence-electron chi connectivity index (χ4n) is 1.77. The Balaban J connectivity index is 2.64. The van der Waals surface area contributed by atoms with Gasteiger partial charge in [-0.05, 0) is 29.8 Å². The van der Waals surface area contributed by atoms with Crippen molar-refractivity contribution < 1.29 is 23.4 Å². The number of hydrogen-bond acceptors (Lipinski definition) is 2. The number of rotatable bonds is 3. The Labute approximate surface area is 108 Å². The number of benzene rings is 2. The third kappa shape index (κ3) is 2.54. The van der Waals surface area contributed by atoms with E-state index in [0.29, 0.717) is 11.1 Å². The normalized spacial score (nSPS) is 10.3. The molecule has 2 aromatic rings. The summed E-state index contributed by atoms with van der Waals surface area (Å²) < 4.78 is 31.9. The third-order valence-corrected chi connectivity index (χ3v) is 2.66. The van der Waals surface area contributed by atoms with E-state index in [1.807, 2.05) is 0 Å². The van der Waals surface area contributed by atoms with Crippen LogP contribution in [0.15, 0.2) is 36.4 Å². The van der Waals surface area contributed by atoms with Crippen LogP contribution in [0.2, 0.25) is 0 Å². The predicted molar refractivity (Wildman–Crippen MR) is 65.3 cm³/mol. The van der Waals surface area contributed by atoms with Crippen LogP contribution in [0.1, 0.15) is 10.4 Å². The number of carboxylic acids is 1. The Morgan fingerprint density at radius 3 is 2.53 bits per heavy atom. The summed E-state index contributed by atoms with van der Waals surface area (Å²) in [5, 5.41) is 8.84. The third-order valence-electron chi connectivity index (χ3n) is 2.66. The minimum Gasteiger partial charge on any atom is -0.496 e. The number of ether oxygens (including phenoxy) is 1. The highest BCUT2D eigenvalue weighted by Gasteiger charge is 2.16. The lowest BCUT2D eigenvalue weighted by Gasteiger charge is -2.10. The monoisotopic (exact) mass is 264 g/mol. The number of hydrogen-bond donors (Lipinski definition) is 1. The molecule has 0 atom stereocenters. The highest BCUT2D eigenvalue weighted by Crippen LogP contribution is 2.32. The summed E-state index contributed by atoms with van der Waals surface area (Å²) in [4.78, 5) is 10.8. The average Bonchev–Trinajstić information content (AvgIpc) is 2.38. The summed E-state index contributed by atoms with van der Waals surface area (Å²) in [5.74, 6) is -2.58. The van der Waals surface area contributed by atoms with E-state index >= 15 is 0 Å². The van der Waals surface area contributed by atoms with Gasteiger partial charge in [0, 0.05) is 5.56 Å². The molecule has 19 heavy (non-hydrogen) atoms. The molecule has 98 valence electrons. The lowest BCUT2D eigenvalue weighted by atomic mass is 10.0. The van der Waals surface area contributed by atoms with E-state index < -0.39 is 23.2 Å². The molecular weight excluding hydrogens is 254 g/mol. The van der Waals surface area contributed by atoms with E-state index in [4.69, 9.17) is 9.84 Å². The van der Waals surface area contributed by atoms with Crippen molar-refractivity contribution in [3.8, 4) is 16.9 Å². The minimum absolute atomic E-state index is 0.171. The Kier molecular flexibility index (Phi) is 3.46. The van der Waals surface area contributed by atoms with E-state index in [-0.39, 0.29) is 5.75 Å². The Morgan fingerprint density at radius 2 is 1.95 bits per heavy atom. The van der Waals surface area contributed by atoms with Gasteiger partial charge >= 0.3 is 5.97 Å². The van der Waals surface area contributed by atoms with E-state index in [9.17, 15) is 13.6 Å². The molecule has 0 aliphatic carbocycles. The second-order valence-corrected chi connectivity index (χ2v) is 3.85. The fourth-order valence-corrected chi connectivity index (χ4v) is 1.77. The summed E-state index contributed by atoms with van der Waals surface area (Å²) in [6.45, 7) is 0. The molecule has 0 saturated carbocycles. The largest absolute Gasteiger partial charge is 0.496 e. The number of methoxy groups -OCH3 is 1. The van der Waals surface area contributed by atoms with Crippen molar-refractivity contribution in [2.45, 2.75) is 0 Å². The van der Waals surface area contributed by atoms with Crippen molar-refractivity contribution in [3.05, 3.63) is 53.6 Å². The molecule has 0 aliphatic heterocycles. The second-order valence-electron chi connectivity index (χ2n) is 3.85. The van der Waals surface area contributed by atoms with E-state index in [0.717, 1.165) is 12.1 Å². The summed E-state index contributed by atoms with van der Waals surface area (Å²) in [7, 11) is 1.33. The van der Waals surface area contributed by atoms with E-state index in [1.165, 1.54) is 25.3 Å². The highest BCUT2D eigenvalue weighted by atomic mass is 19.1. The summed E-state index contributed by atoms with van der Waals surface area (Å²) in [5.41, 5.74) is 0.217. The first kappa shape index (κ1) is 13.0. The Bertz CT molecular complexity index is 639. The first-order valence-electron chi connectivity index (χ1n) is 5.39. The smallest absolute Gasteiger partial charge is 0.338 e. The zero-order chi connectivity index (χ0) is 14.0. The van der Waals surface area contributed by atoms with Gasteiger partial charge in [0.1, 0.15) is 17.4 Å². The quantitative estimate of drug-likeness (QED) is 0.924. The molecule has 0 unspecified atom stereocenters. The Hall–Kier alpha value is -2.43. The van der Waals surface area contributed by atoms with Crippen molar-refractivity contribution in [2.24, 2.45) is 0 Å². The standard InChI is InChI=1S/C14H10F2O3/c1-19-13-7-11(14(17)18)12(16)6-10(13)8-3-2-4-9(15)5-8/h2-7H,1H3,(H,17,18). The second kappa shape index (κ2) is 5.06. The van der Waals surface area contributed by atoms with Crippen molar-refractivity contribution >= 4 is 5.97 Å². The van der Waals surface area contributed by atoms with Crippen molar-refractivity contribution in [1.82, 2.24) is 0 Å². The molecule has 0 spiro atoms. The van der Waals surface area contributed by atoms with Gasteiger partial charge in [-0.25, -0.2) is 13.6 Å². The minimum atomic E-state index is -1.39. The van der Waals surface area contributed by atoms with Crippen molar-refractivity contribution in [1.29, 1.82) is 0 Å². The number of carboxylic acid groups (broad SMARTS) is 1. The zero-order valence-electron chi connectivity index (χ0n) is 9.98. The topological polar surface area (TPSA) is 46.5 Å². The van der Waals surface area contributed by atoms with Gasteiger partial charge in [-0.3, -0.25) is 0 Å². The first-order valence-corrected chi connectivity index (χ1v) is 5.39. The molecule has 0 fully saturated rings. The zero-order valence-corrected chi connectivity index (χ0v) is 9.98. The van der Waals surface area contributed by atoms with E-state index in [2.05, 4.69) is 0 Å². The van der Waals surface area contributed by atoms with Crippen LogP contribution in [-0.2, 0) is 0 Å². The number of carbonyl (C=O) groups is 1. The lowest BCUT2D eigenvalue weighted by Crippen LogP contribution is -2.02. The van der Waals surface area contributed by atoms with Crippen LogP contribution < -0.4 is 4.74 Å².